The van der Waals surface area contributed by atoms with Gasteiger partial charge in [0.2, 0.25) is 0 Å². The smallest absolute Gasteiger partial charge is 0.270 e. The molecule has 0 spiro atoms. The maximum atomic E-state index is 13.1. The molecule has 1 aliphatic heterocycles. The minimum atomic E-state index is -0.525. The number of amides is 2. The average Bonchev–Trinajstić information content (AvgIpc) is 2.76. The molecule has 0 unspecified atom stereocenters. The third kappa shape index (κ3) is 5.21. The summed E-state index contributed by atoms with van der Waals surface area (Å²) >= 11 is 8.76. The molecule has 0 bridgehead atoms. The predicted molar refractivity (Wildman–Crippen MR) is 137 cm³/mol. The molecule has 0 aliphatic carbocycles. The fourth-order valence-electron chi connectivity index (χ4n) is 3.67. The van der Waals surface area contributed by atoms with Crippen molar-refractivity contribution in [1.29, 1.82) is 0 Å². The van der Waals surface area contributed by atoms with Crippen molar-refractivity contribution in [2.75, 3.05) is 4.90 Å². The van der Waals surface area contributed by atoms with Crippen LogP contribution in [-0.4, -0.2) is 16.9 Å². The summed E-state index contributed by atoms with van der Waals surface area (Å²) in [5.41, 5.74) is 4.74. The number of anilines is 1. The summed E-state index contributed by atoms with van der Waals surface area (Å²) < 4.78 is 6.69. The maximum Gasteiger partial charge on any atom is 0.270 e. The van der Waals surface area contributed by atoms with Crippen LogP contribution in [0.15, 0.2) is 76.8 Å². The topological polar surface area (TPSA) is 58.6 Å². The van der Waals surface area contributed by atoms with Gasteiger partial charge in [0.25, 0.3) is 11.8 Å². The zero-order valence-electron chi connectivity index (χ0n) is 18.1. The highest BCUT2D eigenvalue weighted by molar-refractivity contribution is 9.10. The van der Waals surface area contributed by atoms with Gasteiger partial charge in [-0.1, -0.05) is 53.6 Å². The van der Waals surface area contributed by atoms with Crippen molar-refractivity contribution in [3.8, 4) is 5.75 Å². The van der Waals surface area contributed by atoms with Crippen molar-refractivity contribution in [2.45, 2.75) is 20.5 Å². The highest BCUT2D eigenvalue weighted by Crippen LogP contribution is 2.29. The molecule has 5 nitrogen and oxygen atoms in total. The lowest BCUT2D eigenvalue weighted by atomic mass is 10.1. The molecule has 4 rings (SSSR count). The highest BCUT2D eigenvalue weighted by atomic mass is 79.9. The Labute approximate surface area is 206 Å². The van der Waals surface area contributed by atoms with Crippen molar-refractivity contribution in [3.05, 3.63) is 99.0 Å². The number of rotatable bonds is 5. The number of nitrogens with one attached hydrogen (secondary N) is 1. The van der Waals surface area contributed by atoms with Crippen molar-refractivity contribution >= 4 is 56.8 Å². The molecule has 0 saturated carbocycles. The van der Waals surface area contributed by atoms with Crippen LogP contribution in [0.5, 0.6) is 5.75 Å². The number of ether oxygens (including phenoxy) is 1. The second-order valence-corrected chi connectivity index (χ2v) is 9.01. The lowest BCUT2D eigenvalue weighted by Gasteiger charge is -2.28. The quantitative estimate of drug-likeness (QED) is 0.275. The van der Waals surface area contributed by atoms with Crippen LogP contribution >= 0.6 is 28.1 Å². The number of benzene rings is 3. The van der Waals surface area contributed by atoms with E-state index in [9.17, 15) is 9.59 Å². The molecule has 1 heterocycles. The SMILES string of the molecule is Cc1cc(C)cc(COc2ccc(/C=C3/C(=O)NC(=S)N(c4ccccc4)C3=O)cc2Br)c1. The first kappa shape index (κ1) is 22.9. The highest BCUT2D eigenvalue weighted by Gasteiger charge is 2.34. The summed E-state index contributed by atoms with van der Waals surface area (Å²) in [6.07, 6.45) is 1.55. The molecular formula is C26H21BrN2O3S. The summed E-state index contributed by atoms with van der Waals surface area (Å²) in [4.78, 5) is 26.9. The third-order valence-corrected chi connectivity index (χ3v) is 5.96. The molecule has 7 heteroatoms. The third-order valence-electron chi connectivity index (χ3n) is 5.06. The second kappa shape index (κ2) is 9.68. The number of para-hydroxylation sites is 1. The second-order valence-electron chi connectivity index (χ2n) is 7.77. The normalized spacial score (nSPS) is 15.1. The van der Waals surface area contributed by atoms with Crippen LogP contribution < -0.4 is 15.0 Å². The first-order valence-corrected chi connectivity index (χ1v) is 11.5. The molecule has 3 aromatic rings. The van der Waals surface area contributed by atoms with E-state index in [-0.39, 0.29) is 10.7 Å². The van der Waals surface area contributed by atoms with Gasteiger partial charge >= 0.3 is 0 Å². The Morgan fingerprint density at radius 3 is 2.36 bits per heavy atom. The number of aryl methyl sites for hydroxylation is 2. The molecule has 1 N–H and O–H groups in total. The Morgan fingerprint density at radius 2 is 1.70 bits per heavy atom. The first-order chi connectivity index (χ1) is 15.8. The number of carbonyl (C=O) groups is 2. The fraction of sp³-hybridized carbons (Fsp3) is 0.115. The molecule has 0 atom stereocenters. The van der Waals surface area contributed by atoms with Crippen LogP contribution in [0.4, 0.5) is 5.69 Å². The van der Waals surface area contributed by atoms with Gasteiger partial charge in [-0.3, -0.25) is 19.8 Å². The Kier molecular flexibility index (Phi) is 6.72. The van der Waals surface area contributed by atoms with E-state index in [1.807, 2.05) is 18.2 Å². The van der Waals surface area contributed by atoms with Gasteiger partial charge in [-0.15, -0.1) is 0 Å². The van der Waals surface area contributed by atoms with Crippen LogP contribution in [0.25, 0.3) is 6.08 Å². The number of thiocarbonyl (C=S) groups is 1. The molecule has 1 saturated heterocycles. The Balaban J connectivity index is 1.55. The van der Waals surface area contributed by atoms with E-state index < -0.39 is 11.8 Å². The van der Waals surface area contributed by atoms with Gasteiger partial charge in [0, 0.05) is 0 Å². The molecule has 33 heavy (non-hydrogen) atoms. The van der Waals surface area contributed by atoms with Crippen LogP contribution in [0.1, 0.15) is 22.3 Å². The number of halogens is 1. The van der Waals surface area contributed by atoms with Crippen LogP contribution in [0.2, 0.25) is 0 Å². The predicted octanol–water partition coefficient (Wildman–Crippen LogP) is 5.48. The zero-order valence-corrected chi connectivity index (χ0v) is 20.5. The molecule has 1 aliphatic rings. The molecular weight excluding hydrogens is 500 g/mol. The standard InChI is InChI=1S/C26H21BrN2O3S/c1-16-10-17(2)12-19(11-16)15-32-23-9-8-18(14-22(23)27)13-21-24(30)28-26(33)29(25(21)31)20-6-4-3-5-7-20/h3-14H,15H2,1-2H3,(H,28,30,33)/b21-13-. The summed E-state index contributed by atoms with van der Waals surface area (Å²) in [6.45, 7) is 4.55. The van der Waals surface area contributed by atoms with Crippen molar-refractivity contribution in [3.63, 3.8) is 0 Å². The van der Waals surface area contributed by atoms with Gasteiger partial charge in [0.15, 0.2) is 5.11 Å². The molecule has 0 radical (unpaired) electrons. The van der Waals surface area contributed by atoms with E-state index in [0.717, 1.165) is 10.0 Å². The van der Waals surface area contributed by atoms with Crippen LogP contribution in [0.3, 0.4) is 0 Å². The van der Waals surface area contributed by atoms with Gasteiger partial charge in [-0.05, 0) is 83.5 Å². The molecule has 166 valence electrons. The van der Waals surface area contributed by atoms with Crippen molar-refractivity contribution in [2.24, 2.45) is 0 Å². The zero-order chi connectivity index (χ0) is 23.5. The lowest BCUT2D eigenvalue weighted by Crippen LogP contribution is -2.54. The summed E-state index contributed by atoms with van der Waals surface area (Å²) in [6, 6.07) is 20.7. The summed E-state index contributed by atoms with van der Waals surface area (Å²) in [7, 11) is 0. The molecule has 0 aromatic heterocycles. The number of carbonyl (C=O) groups excluding carboxylic acids is 2. The minimum absolute atomic E-state index is 0.00302. The number of hydrogen-bond donors (Lipinski definition) is 1. The monoisotopic (exact) mass is 520 g/mol. The van der Waals surface area contributed by atoms with Gasteiger partial charge in [0.1, 0.15) is 17.9 Å². The fourth-order valence-corrected chi connectivity index (χ4v) is 4.46. The largest absolute Gasteiger partial charge is 0.488 e. The summed E-state index contributed by atoms with van der Waals surface area (Å²) in [5, 5.41) is 2.65. The van der Waals surface area contributed by atoms with Gasteiger partial charge in [-0.2, -0.15) is 0 Å². The van der Waals surface area contributed by atoms with Gasteiger partial charge in [0.05, 0.1) is 10.2 Å². The van der Waals surface area contributed by atoms with E-state index >= 15 is 0 Å². The van der Waals surface area contributed by atoms with Gasteiger partial charge in [-0.25, -0.2) is 0 Å². The minimum Gasteiger partial charge on any atom is -0.488 e. The maximum absolute atomic E-state index is 13.1. The van der Waals surface area contributed by atoms with E-state index in [1.165, 1.54) is 16.0 Å². The van der Waals surface area contributed by atoms with E-state index in [0.29, 0.717) is 23.6 Å². The lowest BCUT2D eigenvalue weighted by molar-refractivity contribution is -0.122. The Hall–Kier alpha value is -3.29. The summed E-state index contributed by atoms with van der Waals surface area (Å²) in [5.74, 6) is -0.326. The van der Waals surface area contributed by atoms with E-state index in [1.54, 1.807) is 36.4 Å². The Morgan fingerprint density at radius 1 is 1.00 bits per heavy atom. The molecule has 1 fully saturated rings. The molecule has 3 aromatic carbocycles. The van der Waals surface area contributed by atoms with Crippen LogP contribution in [0, 0.1) is 13.8 Å². The van der Waals surface area contributed by atoms with Crippen LogP contribution in [-0.2, 0) is 16.2 Å². The Bertz CT molecular complexity index is 1270. The van der Waals surface area contributed by atoms with Gasteiger partial charge < -0.3 is 4.74 Å². The molecule has 2 amide bonds. The van der Waals surface area contributed by atoms with E-state index in [2.05, 4.69) is 53.3 Å². The number of hydrogen-bond acceptors (Lipinski definition) is 4. The average molecular weight is 521 g/mol. The van der Waals surface area contributed by atoms with E-state index in [4.69, 9.17) is 17.0 Å². The first-order valence-electron chi connectivity index (χ1n) is 10.3. The van der Waals surface area contributed by atoms with Crippen molar-refractivity contribution < 1.29 is 14.3 Å². The number of nitrogens with zero attached hydrogens (tertiary/aromatic N) is 1. The van der Waals surface area contributed by atoms with Crippen molar-refractivity contribution in [1.82, 2.24) is 5.32 Å².